The van der Waals surface area contributed by atoms with Gasteiger partial charge in [-0.1, -0.05) is 18.2 Å². The topological polar surface area (TPSA) is 70.5 Å². The lowest BCUT2D eigenvalue weighted by Gasteiger charge is -2.36. The van der Waals surface area contributed by atoms with Crippen LogP contribution in [-0.4, -0.2) is 70.7 Å². The Balaban J connectivity index is 0.00000256. The molecule has 0 spiro atoms. The highest BCUT2D eigenvalue weighted by atomic mass is 35.5. The average molecular weight is 436 g/mol. The van der Waals surface area contributed by atoms with Crippen LogP contribution in [0.25, 0.3) is 0 Å². The maximum atomic E-state index is 13.8. The average Bonchev–Trinajstić information content (AvgIpc) is 3.38. The summed E-state index contributed by atoms with van der Waals surface area (Å²) in [6.07, 6.45) is 3.85. The molecular formula is C21H27ClFN5O2. The SMILES string of the molecule is Cl.Cn1cc([C@H]2CNC[C@@H]2C(=O)N2CCN(C(=O)Cc3ccccc3F)CC2)cn1. The Kier molecular flexibility index (Phi) is 7.10. The molecule has 2 aliphatic heterocycles. The van der Waals surface area contributed by atoms with Crippen LogP contribution in [0.15, 0.2) is 36.7 Å². The number of amides is 2. The summed E-state index contributed by atoms with van der Waals surface area (Å²) in [5.74, 6) is -0.315. The summed E-state index contributed by atoms with van der Waals surface area (Å²) in [5.41, 5.74) is 1.49. The molecule has 2 fully saturated rings. The fourth-order valence-corrected chi connectivity index (χ4v) is 4.25. The molecule has 0 radical (unpaired) electrons. The Morgan fingerprint density at radius 1 is 1.13 bits per heavy atom. The lowest BCUT2D eigenvalue weighted by molar-refractivity contribution is -0.141. The summed E-state index contributed by atoms with van der Waals surface area (Å²) >= 11 is 0. The zero-order valence-corrected chi connectivity index (χ0v) is 17.8. The Hall–Kier alpha value is -2.45. The summed E-state index contributed by atoms with van der Waals surface area (Å²) in [6, 6.07) is 6.35. The smallest absolute Gasteiger partial charge is 0.227 e. The van der Waals surface area contributed by atoms with E-state index >= 15 is 0 Å². The standard InChI is InChI=1S/C21H26FN5O2.ClH/c1-25-14-16(11-24-25)17-12-23-13-18(17)21(29)27-8-6-26(7-9-27)20(28)10-15-4-2-3-5-19(15)22;/h2-5,11,14,17-18,23H,6-10,12-13H2,1H3;1H/t17-,18+;/m1./s1. The third-order valence-electron chi connectivity index (χ3n) is 5.93. The normalized spacial score (nSPS) is 21.4. The van der Waals surface area contributed by atoms with E-state index in [1.807, 2.05) is 24.3 Å². The van der Waals surface area contributed by atoms with Crippen LogP contribution in [0.5, 0.6) is 0 Å². The van der Waals surface area contributed by atoms with Crippen molar-refractivity contribution in [2.45, 2.75) is 12.3 Å². The molecule has 2 aromatic rings. The number of nitrogens with zero attached hydrogens (tertiary/aromatic N) is 4. The number of nitrogens with one attached hydrogen (secondary N) is 1. The second-order valence-electron chi connectivity index (χ2n) is 7.79. The highest BCUT2D eigenvalue weighted by Gasteiger charge is 2.38. The van der Waals surface area contributed by atoms with E-state index in [2.05, 4.69) is 10.4 Å². The molecule has 9 heteroatoms. The molecule has 2 atom stereocenters. The van der Waals surface area contributed by atoms with E-state index in [-0.39, 0.29) is 48.3 Å². The molecule has 0 bridgehead atoms. The first-order valence-corrected chi connectivity index (χ1v) is 10.0. The van der Waals surface area contributed by atoms with E-state index in [4.69, 9.17) is 0 Å². The van der Waals surface area contributed by atoms with Crippen molar-refractivity contribution in [3.05, 3.63) is 53.6 Å². The summed E-state index contributed by atoms with van der Waals surface area (Å²) in [4.78, 5) is 29.2. The van der Waals surface area contributed by atoms with E-state index in [9.17, 15) is 14.0 Å². The number of hydrogen-bond donors (Lipinski definition) is 1. The van der Waals surface area contributed by atoms with E-state index in [0.29, 0.717) is 38.3 Å². The summed E-state index contributed by atoms with van der Waals surface area (Å²) in [6.45, 7) is 3.41. The highest BCUT2D eigenvalue weighted by Crippen LogP contribution is 2.29. The fraction of sp³-hybridized carbons (Fsp3) is 0.476. The van der Waals surface area contributed by atoms with Crippen molar-refractivity contribution >= 4 is 24.2 Å². The first kappa shape index (κ1) is 22.2. The van der Waals surface area contributed by atoms with Gasteiger partial charge in [0.25, 0.3) is 0 Å². The molecule has 1 N–H and O–H groups in total. The number of benzene rings is 1. The van der Waals surface area contributed by atoms with Gasteiger partial charge in [-0.05, 0) is 17.2 Å². The van der Waals surface area contributed by atoms with E-state index < -0.39 is 0 Å². The zero-order valence-electron chi connectivity index (χ0n) is 17.0. The van der Waals surface area contributed by atoms with Crippen molar-refractivity contribution in [1.82, 2.24) is 24.9 Å². The van der Waals surface area contributed by atoms with Gasteiger partial charge in [-0.2, -0.15) is 5.10 Å². The second-order valence-corrected chi connectivity index (χ2v) is 7.79. The molecule has 30 heavy (non-hydrogen) atoms. The van der Waals surface area contributed by atoms with Crippen LogP contribution in [0.2, 0.25) is 0 Å². The van der Waals surface area contributed by atoms with Crippen LogP contribution in [-0.2, 0) is 23.1 Å². The fourth-order valence-electron chi connectivity index (χ4n) is 4.25. The molecule has 0 aliphatic carbocycles. The summed E-state index contributed by atoms with van der Waals surface area (Å²) in [5, 5.41) is 7.56. The van der Waals surface area contributed by atoms with Crippen molar-refractivity contribution in [2.75, 3.05) is 39.3 Å². The highest BCUT2D eigenvalue weighted by molar-refractivity contribution is 5.85. The first-order chi connectivity index (χ1) is 14.0. The molecular weight excluding hydrogens is 409 g/mol. The zero-order chi connectivity index (χ0) is 20.4. The van der Waals surface area contributed by atoms with Crippen LogP contribution in [0.4, 0.5) is 4.39 Å². The third-order valence-corrected chi connectivity index (χ3v) is 5.93. The number of piperazine rings is 1. The summed E-state index contributed by atoms with van der Waals surface area (Å²) < 4.78 is 15.6. The number of carbonyl (C=O) groups is 2. The summed E-state index contributed by atoms with van der Waals surface area (Å²) in [7, 11) is 1.88. The monoisotopic (exact) mass is 435 g/mol. The maximum Gasteiger partial charge on any atom is 0.227 e. The van der Waals surface area contributed by atoms with Crippen molar-refractivity contribution in [3.63, 3.8) is 0 Å². The van der Waals surface area contributed by atoms with Crippen LogP contribution in [0, 0.1) is 11.7 Å². The van der Waals surface area contributed by atoms with Gasteiger partial charge in [-0.3, -0.25) is 14.3 Å². The molecule has 0 saturated carbocycles. The minimum absolute atomic E-state index is 0. The second kappa shape index (κ2) is 9.57. The largest absolute Gasteiger partial charge is 0.339 e. The Bertz CT molecular complexity index is 897. The van der Waals surface area contributed by atoms with E-state index in [0.717, 1.165) is 12.1 Å². The van der Waals surface area contributed by atoms with E-state index in [1.54, 1.807) is 27.8 Å². The van der Waals surface area contributed by atoms with Crippen LogP contribution >= 0.6 is 12.4 Å². The lowest BCUT2D eigenvalue weighted by atomic mass is 9.89. The molecule has 2 aliphatic rings. The van der Waals surface area contributed by atoms with Gasteiger partial charge in [-0.25, -0.2) is 4.39 Å². The predicted octanol–water partition coefficient (Wildman–Crippen LogP) is 1.20. The number of carbonyl (C=O) groups excluding carboxylic acids is 2. The molecule has 2 amide bonds. The predicted molar refractivity (Wildman–Crippen MR) is 113 cm³/mol. The van der Waals surface area contributed by atoms with Gasteiger partial charge in [0.15, 0.2) is 0 Å². The van der Waals surface area contributed by atoms with Gasteiger partial charge in [0.05, 0.1) is 18.5 Å². The number of aromatic nitrogens is 2. The van der Waals surface area contributed by atoms with Gasteiger partial charge in [0, 0.05) is 58.4 Å². The Morgan fingerprint density at radius 3 is 2.50 bits per heavy atom. The third kappa shape index (κ3) is 4.65. The van der Waals surface area contributed by atoms with Crippen LogP contribution in [0.1, 0.15) is 17.0 Å². The van der Waals surface area contributed by atoms with Crippen LogP contribution in [0.3, 0.4) is 0 Å². The van der Waals surface area contributed by atoms with Crippen molar-refractivity contribution in [3.8, 4) is 0 Å². The quantitative estimate of drug-likeness (QED) is 0.783. The van der Waals surface area contributed by atoms with Gasteiger partial charge < -0.3 is 15.1 Å². The van der Waals surface area contributed by atoms with Gasteiger partial charge >= 0.3 is 0 Å². The van der Waals surface area contributed by atoms with Crippen molar-refractivity contribution < 1.29 is 14.0 Å². The molecule has 2 saturated heterocycles. The van der Waals surface area contributed by atoms with Crippen molar-refractivity contribution in [1.29, 1.82) is 0 Å². The molecule has 1 aromatic heterocycles. The lowest BCUT2D eigenvalue weighted by Crippen LogP contribution is -2.52. The maximum absolute atomic E-state index is 13.8. The van der Waals surface area contributed by atoms with Gasteiger partial charge in [0.2, 0.25) is 11.8 Å². The Morgan fingerprint density at radius 2 is 1.83 bits per heavy atom. The molecule has 162 valence electrons. The molecule has 0 unspecified atom stereocenters. The molecule has 1 aromatic carbocycles. The molecule has 4 rings (SSSR count). The van der Waals surface area contributed by atoms with Crippen LogP contribution < -0.4 is 5.32 Å². The van der Waals surface area contributed by atoms with Gasteiger partial charge in [0.1, 0.15) is 5.82 Å². The molecule has 7 nitrogen and oxygen atoms in total. The number of halogens is 2. The number of rotatable bonds is 4. The minimum Gasteiger partial charge on any atom is -0.339 e. The number of hydrogen-bond acceptors (Lipinski definition) is 4. The van der Waals surface area contributed by atoms with E-state index in [1.165, 1.54) is 6.07 Å². The molecule has 3 heterocycles. The van der Waals surface area contributed by atoms with Crippen molar-refractivity contribution in [2.24, 2.45) is 13.0 Å². The first-order valence-electron chi connectivity index (χ1n) is 10.0. The van der Waals surface area contributed by atoms with Gasteiger partial charge in [-0.15, -0.1) is 12.4 Å². The minimum atomic E-state index is -0.357. The Labute approximate surface area is 181 Å². The number of aryl methyl sites for hydroxylation is 1.